The van der Waals surface area contributed by atoms with Gasteiger partial charge in [-0.05, 0) is 31.2 Å². The molecule has 3 heteroatoms. The van der Waals surface area contributed by atoms with Gasteiger partial charge in [-0.1, -0.05) is 49.5 Å². The van der Waals surface area contributed by atoms with Crippen LogP contribution in [-0.2, 0) is 0 Å². The Morgan fingerprint density at radius 3 is 2.06 bits per heavy atom. The van der Waals surface area contributed by atoms with Crippen molar-refractivity contribution in [3.05, 3.63) is 0 Å². The van der Waals surface area contributed by atoms with Crippen LogP contribution in [-0.4, -0.2) is 41.6 Å². The smallest absolute Gasteiger partial charge is 0.0443 e. The number of halogens is 1. The number of hydrogen-bond donors (Lipinski definition) is 1. The average molecular weight is 308 g/mol. The SMILES string of the molecule is CCCC(CBr)(CCC)CN(CC)CCCO. The molecule has 104 valence electrons. The van der Waals surface area contributed by atoms with E-state index in [0.29, 0.717) is 12.0 Å². The third-order valence-corrected chi connectivity index (χ3v) is 4.67. The first-order valence-electron chi connectivity index (χ1n) is 7.07. The summed E-state index contributed by atoms with van der Waals surface area (Å²) in [5, 5.41) is 10.0. The summed E-state index contributed by atoms with van der Waals surface area (Å²) in [6, 6.07) is 0. The number of rotatable bonds is 11. The van der Waals surface area contributed by atoms with Crippen molar-refractivity contribution in [1.29, 1.82) is 0 Å². The van der Waals surface area contributed by atoms with Gasteiger partial charge in [0.25, 0.3) is 0 Å². The van der Waals surface area contributed by atoms with Crippen molar-refractivity contribution in [2.75, 3.05) is 31.6 Å². The molecule has 17 heavy (non-hydrogen) atoms. The van der Waals surface area contributed by atoms with E-state index < -0.39 is 0 Å². The molecule has 0 aromatic carbocycles. The quantitative estimate of drug-likeness (QED) is 0.589. The molecule has 0 rings (SSSR count). The zero-order chi connectivity index (χ0) is 13.1. The molecule has 0 saturated carbocycles. The molecule has 0 radical (unpaired) electrons. The fourth-order valence-electron chi connectivity index (χ4n) is 2.64. The van der Waals surface area contributed by atoms with Crippen LogP contribution < -0.4 is 0 Å². The zero-order valence-electron chi connectivity index (χ0n) is 11.8. The molecule has 0 aromatic rings. The first kappa shape index (κ1) is 17.4. The molecule has 0 saturated heterocycles. The monoisotopic (exact) mass is 307 g/mol. The van der Waals surface area contributed by atoms with E-state index in [4.69, 9.17) is 5.11 Å². The minimum Gasteiger partial charge on any atom is -0.396 e. The summed E-state index contributed by atoms with van der Waals surface area (Å²) in [4.78, 5) is 2.49. The van der Waals surface area contributed by atoms with Gasteiger partial charge in [-0.15, -0.1) is 0 Å². The number of alkyl halides is 1. The van der Waals surface area contributed by atoms with Crippen LogP contribution in [0.25, 0.3) is 0 Å². The maximum Gasteiger partial charge on any atom is 0.0443 e. The maximum atomic E-state index is 8.94. The van der Waals surface area contributed by atoms with Crippen molar-refractivity contribution in [2.24, 2.45) is 5.41 Å². The van der Waals surface area contributed by atoms with Crippen molar-refractivity contribution in [3.63, 3.8) is 0 Å². The van der Waals surface area contributed by atoms with E-state index in [1.807, 2.05) is 0 Å². The van der Waals surface area contributed by atoms with Gasteiger partial charge in [-0.25, -0.2) is 0 Å². The molecular weight excluding hydrogens is 278 g/mol. The lowest BCUT2D eigenvalue weighted by molar-refractivity contribution is 0.142. The summed E-state index contributed by atoms with van der Waals surface area (Å²) < 4.78 is 0. The molecule has 0 aromatic heterocycles. The van der Waals surface area contributed by atoms with Gasteiger partial charge in [0.2, 0.25) is 0 Å². The van der Waals surface area contributed by atoms with E-state index in [-0.39, 0.29) is 0 Å². The summed E-state index contributed by atoms with van der Waals surface area (Å²) in [5.41, 5.74) is 0.426. The minimum absolute atomic E-state index is 0.305. The minimum atomic E-state index is 0.305. The highest BCUT2D eigenvalue weighted by Gasteiger charge is 2.28. The lowest BCUT2D eigenvalue weighted by Gasteiger charge is -2.37. The Labute approximate surface area is 116 Å². The van der Waals surface area contributed by atoms with Gasteiger partial charge in [0.05, 0.1) is 0 Å². The first-order valence-corrected chi connectivity index (χ1v) is 8.19. The molecule has 0 aliphatic rings. The molecule has 0 atom stereocenters. The fraction of sp³-hybridized carbons (Fsp3) is 1.00. The van der Waals surface area contributed by atoms with Crippen molar-refractivity contribution in [2.45, 2.75) is 52.9 Å². The molecule has 0 aliphatic carbocycles. The van der Waals surface area contributed by atoms with Crippen molar-refractivity contribution in [3.8, 4) is 0 Å². The van der Waals surface area contributed by atoms with Crippen molar-refractivity contribution in [1.82, 2.24) is 4.90 Å². The van der Waals surface area contributed by atoms with Gasteiger partial charge in [-0.2, -0.15) is 0 Å². The Balaban J connectivity index is 4.44. The van der Waals surface area contributed by atoms with E-state index in [1.165, 1.54) is 25.7 Å². The number of aliphatic hydroxyl groups excluding tert-OH is 1. The lowest BCUT2D eigenvalue weighted by Crippen LogP contribution is -2.39. The highest BCUT2D eigenvalue weighted by Crippen LogP contribution is 2.33. The average Bonchev–Trinajstić information content (AvgIpc) is 2.34. The third-order valence-electron chi connectivity index (χ3n) is 3.48. The van der Waals surface area contributed by atoms with Crippen LogP contribution in [0.5, 0.6) is 0 Å². The van der Waals surface area contributed by atoms with Crippen molar-refractivity contribution >= 4 is 15.9 Å². The van der Waals surface area contributed by atoms with Gasteiger partial charge in [-0.3, -0.25) is 0 Å². The van der Waals surface area contributed by atoms with Gasteiger partial charge >= 0.3 is 0 Å². The molecule has 0 aliphatic heterocycles. The van der Waals surface area contributed by atoms with E-state index >= 15 is 0 Å². The predicted molar refractivity (Wildman–Crippen MR) is 79.9 cm³/mol. The Bertz CT molecular complexity index is 170. The molecule has 0 heterocycles. The third kappa shape index (κ3) is 6.78. The van der Waals surface area contributed by atoms with Crippen LogP contribution in [0.15, 0.2) is 0 Å². The lowest BCUT2D eigenvalue weighted by atomic mass is 9.80. The van der Waals surface area contributed by atoms with Crippen LogP contribution in [0.1, 0.15) is 52.9 Å². The number of aliphatic hydroxyl groups is 1. The number of nitrogens with zero attached hydrogens (tertiary/aromatic N) is 1. The topological polar surface area (TPSA) is 23.5 Å². The van der Waals surface area contributed by atoms with Gasteiger partial charge in [0.15, 0.2) is 0 Å². The molecular formula is C14H30BrNO. The first-order chi connectivity index (χ1) is 8.17. The Kier molecular flexibility index (Phi) is 10.6. The van der Waals surface area contributed by atoms with Crippen LogP contribution in [0.3, 0.4) is 0 Å². The Morgan fingerprint density at radius 2 is 1.71 bits per heavy atom. The van der Waals surface area contributed by atoms with E-state index in [2.05, 4.69) is 41.6 Å². The van der Waals surface area contributed by atoms with E-state index in [9.17, 15) is 0 Å². The molecule has 0 spiro atoms. The summed E-state index contributed by atoms with van der Waals surface area (Å²) in [7, 11) is 0. The Morgan fingerprint density at radius 1 is 1.12 bits per heavy atom. The number of hydrogen-bond acceptors (Lipinski definition) is 2. The van der Waals surface area contributed by atoms with Crippen LogP contribution >= 0.6 is 15.9 Å². The molecule has 0 amide bonds. The zero-order valence-corrected chi connectivity index (χ0v) is 13.4. The van der Waals surface area contributed by atoms with Gasteiger partial charge in [0, 0.05) is 25.0 Å². The molecule has 0 bridgehead atoms. The Hall–Kier alpha value is 0.400. The molecule has 0 fully saturated rings. The van der Waals surface area contributed by atoms with E-state index in [0.717, 1.165) is 31.4 Å². The summed E-state index contributed by atoms with van der Waals surface area (Å²) in [6.07, 6.45) is 5.99. The van der Waals surface area contributed by atoms with Gasteiger partial charge in [0.1, 0.15) is 0 Å². The summed E-state index contributed by atoms with van der Waals surface area (Å²) in [6.45, 7) is 10.3. The second kappa shape index (κ2) is 10.3. The van der Waals surface area contributed by atoms with Crippen LogP contribution in [0.4, 0.5) is 0 Å². The highest BCUT2D eigenvalue weighted by atomic mass is 79.9. The normalized spacial score (nSPS) is 12.4. The van der Waals surface area contributed by atoms with Crippen LogP contribution in [0.2, 0.25) is 0 Å². The predicted octanol–water partition coefficient (Wildman–Crippen LogP) is 3.67. The molecule has 2 nitrogen and oxygen atoms in total. The summed E-state index contributed by atoms with van der Waals surface area (Å²) in [5.74, 6) is 0. The second-order valence-electron chi connectivity index (χ2n) is 5.08. The maximum absolute atomic E-state index is 8.94. The largest absolute Gasteiger partial charge is 0.396 e. The highest BCUT2D eigenvalue weighted by molar-refractivity contribution is 9.09. The summed E-state index contributed by atoms with van der Waals surface area (Å²) >= 11 is 3.72. The van der Waals surface area contributed by atoms with Gasteiger partial charge < -0.3 is 10.0 Å². The van der Waals surface area contributed by atoms with E-state index in [1.54, 1.807) is 0 Å². The fourth-order valence-corrected chi connectivity index (χ4v) is 3.38. The van der Waals surface area contributed by atoms with Crippen molar-refractivity contribution < 1.29 is 5.11 Å². The molecule has 1 N–H and O–H groups in total. The van der Waals surface area contributed by atoms with Crippen LogP contribution in [0, 0.1) is 5.41 Å². The standard InChI is InChI=1S/C14H30BrNO/c1-4-8-14(12-15,9-5-2)13-16(6-3)10-7-11-17/h17H,4-13H2,1-3H3. The molecule has 0 unspecified atom stereocenters. The second-order valence-corrected chi connectivity index (χ2v) is 5.64.